The van der Waals surface area contributed by atoms with E-state index in [0.29, 0.717) is 6.04 Å². The van der Waals surface area contributed by atoms with E-state index in [2.05, 4.69) is 9.27 Å². The van der Waals surface area contributed by atoms with Crippen LogP contribution in [0.1, 0.15) is 38.5 Å². The Morgan fingerprint density at radius 2 is 1.89 bits per heavy atom. The van der Waals surface area contributed by atoms with Gasteiger partial charge in [-0.15, -0.1) is 0 Å². The minimum Gasteiger partial charge on any atom is -0.382 e. The molecule has 0 aromatic carbocycles. The first-order chi connectivity index (χ1) is 9.01. The zero-order chi connectivity index (χ0) is 13.6. The highest BCUT2D eigenvalue weighted by molar-refractivity contribution is 7.92. The maximum absolute atomic E-state index is 12.5. The van der Waals surface area contributed by atoms with Crippen LogP contribution in [0.15, 0.2) is 4.90 Å². The lowest BCUT2D eigenvalue weighted by atomic mass is 10.2. The molecule has 3 rings (SSSR count). The molecule has 5 nitrogen and oxygen atoms in total. The summed E-state index contributed by atoms with van der Waals surface area (Å²) in [5, 5.41) is 0.498. The highest BCUT2D eigenvalue weighted by Crippen LogP contribution is 2.43. The average molecular weight is 301 g/mol. The van der Waals surface area contributed by atoms with Crippen molar-refractivity contribution in [1.82, 2.24) is 4.37 Å². The second-order valence-corrected chi connectivity index (χ2v) is 8.41. The summed E-state index contributed by atoms with van der Waals surface area (Å²) >= 11 is 1.21. The third kappa shape index (κ3) is 2.23. The first kappa shape index (κ1) is 13.2. The number of nitrogens with zero attached hydrogens (tertiary/aromatic N) is 2. The van der Waals surface area contributed by atoms with Crippen molar-refractivity contribution in [2.75, 3.05) is 17.7 Å². The number of anilines is 2. The van der Waals surface area contributed by atoms with Crippen LogP contribution in [-0.2, 0) is 9.84 Å². The normalized spacial score (nSPS) is 20.9. The van der Waals surface area contributed by atoms with Crippen molar-refractivity contribution < 1.29 is 8.42 Å². The maximum Gasteiger partial charge on any atom is 0.187 e. The fourth-order valence-corrected chi connectivity index (χ4v) is 5.85. The summed E-state index contributed by atoms with van der Waals surface area (Å²) in [6.07, 6.45) is 6.19. The van der Waals surface area contributed by atoms with Gasteiger partial charge in [0.1, 0.15) is 9.90 Å². The number of nitrogens with two attached hydrogens (primary N) is 1. The zero-order valence-corrected chi connectivity index (χ0v) is 12.6. The third-order valence-electron chi connectivity index (χ3n) is 4.10. The van der Waals surface area contributed by atoms with Crippen LogP contribution in [0.5, 0.6) is 0 Å². The van der Waals surface area contributed by atoms with Crippen molar-refractivity contribution >= 4 is 32.2 Å². The summed E-state index contributed by atoms with van der Waals surface area (Å²) in [5.74, 6) is 0.178. The van der Waals surface area contributed by atoms with Crippen molar-refractivity contribution in [2.24, 2.45) is 0 Å². The van der Waals surface area contributed by atoms with Crippen molar-refractivity contribution in [3.05, 3.63) is 0 Å². The quantitative estimate of drug-likeness (QED) is 0.921. The molecule has 2 N–H and O–H groups in total. The lowest BCUT2D eigenvalue weighted by molar-refractivity contribution is 0.593. The van der Waals surface area contributed by atoms with Crippen LogP contribution in [-0.4, -0.2) is 31.1 Å². The van der Waals surface area contributed by atoms with Crippen LogP contribution in [0.25, 0.3) is 0 Å². The summed E-state index contributed by atoms with van der Waals surface area (Å²) in [6.45, 7) is 0. The van der Waals surface area contributed by atoms with Gasteiger partial charge < -0.3 is 10.6 Å². The molecule has 0 aliphatic heterocycles. The zero-order valence-electron chi connectivity index (χ0n) is 11.0. The fourth-order valence-electron chi connectivity index (χ4n) is 2.78. The number of hydrogen-bond donors (Lipinski definition) is 1. The van der Waals surface area contributed by atoms with E-state index in [9.17, 15) is 8.42 Å². The SMILES string of the molecule is CN(c1snc(N)c1S(=O)(=O)C1CC1)C1CCCC1. The molecule has 7 heteroatoms. The van der Waals surface area contributed by atoms with E-state index in [0.717, 1.165) is 30.7 Å². The highest BCUT2D eigenvalue weighted by Gasteiger charge is 2.41. The molecule has 0 amide bonds. The summed E-state index contributed by atoms with van der Waals surface area (Å²) in [4.78, 5) is 2.37. The lowest BCUT2D eigenvalue weighted by Crippen LogP contribution is -2.29. The smallest absolute Gasteiger partial charge is 0.187 e. The Labute approximate surface area is 117 Å². The molecule has 2 aliphatic carbocycles. The molecule has 2 saturated carbocycles. The monoisotopic (exact) mass is 301 g/mol. The molecule has 0 atom stereocenters. The summed E-state index contributed by atoms with van der Waals surface area (Å²) in [7, 11) is -1.31. The van der Waals surface area contributed by atoms with Crippen LogP contribution in [0.2, 0.25) is 0 Å². The van der Waals surface area contributed by atoms with Gasteiger partial charge in [-0.1, -0.05) is 12.8 Å². The van der Waals surface area contributed by atoms with Gasteiger partial charge in [0.25, 0.3) is 0 Å². The molecular formula is C12H19N3O2S2. The Balaban J connectivity index is 1.98. The lowest BCUT2D eigenvalue weighted by Gasteiger charge is -2.25. The predicted molar refractivity (Wildman–Crippen MR) is 77.4 cm³/mol. The van der Waals surface area contributed by atoms with Crippen LogP contribution in [0.3, 0.4) is 0 Å². The molecule has 19 heavy (non-hydrogen) atoms. The van der Waals surface area contributed by atoms with Crippen LogP contribution in [0.4, 0.5) is 10.8 Å². The number of rotatable bonds is 4. The van der Waals surface area contributed by atoms with Crippen LogP contribution >= 0.6 is 11.5 Å². The molecule has 0 unspecified atom stereocenters. The van der Waals surface area contributed by atoms with E-state index < -0.39 is 9.84 Å². The molecular weight excluding hydrogens is 282 g/mol. The molecule has 0 radical (unpaired) electrons. The largest absolute Gasteiger partial charge is 0.382 e. The molecule has 0 spiro atoms. The summed E-state index contributed by atoms with van der Waals surface area (Å²) < 4.78 is 29.0. The number of sulfone groups is 1. The van der Waals surface area contributed by atoms with Gasteiger partial charge in [-0.05, 0) is 37.2 Å². The van der Waals surface area contributed by atoms with Gasteiger partial charge in [0.05, 0.1) is 5.25 Å². The van der Waals surface area contributed by atoms with E-state index in [1.165, 1.54) is 24.4 Å². The van der Waals surface area contributed by atoms with Crippen molar-refractivity contribution in [3.8, 4) is 0 Å². The van der Waals surface area contributed by atoms with Gasteiger partial charge in [0.15, 0.2) is 15.7 Å². The Bertz CT molecular complexity index is 572. The van der Waals surface area contributed by atoms with Crippen molar-refractivity contribution in [3.63, 3.8) is 0 Å². The van der Waals surface area contributed by atoms with Gasteiger partial charge in [-0.25, -0.2) is 8.42 Å². The Morgan fingerprint density at radius 1 is 1.26 bits per heavy atom. The second kappa shape index (κ2) is 4.63. The maximum atomic E-state index is 12.5. The van der Waals surface area contributed by atoms with Crippen molar-refractivity contribution in [2.45, 2.75) is 54.7 Å². The fraction of sp³-hybridized carbons (Fsp3) is 0.750. The molecule has 1 aromatic rings. The first-order valence-electron chi connectivity index (χ1n) is 6.73. The average Bonchev–Trinajstić information content (AvgIpc) is 2.96. The Kier molecular flexibility index (Phi) is 3.21. The Hall–Kier alpha value is -0.820. The molecule has 106 valence electrons. The van der Waals surface area contributed by atoms with E-state index in [-0.39, 0.29) is 16.0 Å². The number of hydrogen-bond acceptors (Lipinski definition) is 6. The highest BCUT2D eigenvalue weighted by atomic mass is 32.2. The predicted octanol–water partition coefficient (Wildman–Crippen LogP) is 2.04. The minimum atomic E-state index is -3.28. The topological polar surface area (TPSA) is 76.3 Å². The van der Waals surface area contributed by atoms with Gasteiger partial charge in [0.2, 0.25) is 0 Å². The standard InChI is InChI=1S/C12H19N3O2S2/c1-15(8-4-2-3-5-8)12-10(11(13)14-18-12)19(16,17)9-6-7-9/h8-9H,2-7H2,1H3,(H2,13,14). The van der Waals surface area contributed by atoms with Gasteiger partial charge in [-0.3, -0.25) is 0 Å². The van der Waals surface area contributed by atoms with E-state index >= 15 is 0 Å². The number of aromatic nitrogens is 1. The van der Waals surface area contributed by atoms with Crippen LogP contribution in [0, 0.1) is 0 Å². The number of nitrogen functional groups attached to an aromatic ring is 1. The van der Waals surface area contributed by atoms with E-state index in [4.69, 9.17) is 5.73 Å². The minimum absolute atomic E-state index is 0.178. The van der Waals surface area contributed by atoms with Gasteiger partial charge >= 0.3 is 0 Å². The summed E-state index contributed by atoms with van der Waals surface area (Å²) in [5.41, 5.74) is 5.82. The third-order valence-corrected chi connectivity index (χ3v) is 7.50. The van der Waals surface area contributed by atoms with Gasteiger partial charge in [-0.2, -0.15) is 4.37 Å². The van der Waals surface area contributed by atoms with Crippen LogP contribution < -0.4 is 10.6 Å². The second-order valence-electron chi connectivity index (χ2n) is 5.50. The molecule has 2 aliphatic rings. The molecule has 1 aromatic heterocycles. The van der Waals surface area contributed by atoms with E-state index in [1.807, 2.05) is 7.05 Å². The van der Waals surface area contributed by atoms with Gasteiger partial charge in [0, 0.05) is 13.1 Å². The summed E-state index contributed by atoms with van der Waals surface area (Å²) in [6, 6.07) is 0.424. The molecule has 2 fully saturated rings. The van der Waals surface area contributed by atoms with Crippen molar-refractivity contribution in [1.29, 1.82) is 0 Å². The molecule has 0 saturated heterocycles. The van der Waals surface area contributed by atoms with E-state index in [1.54, 1.807) is 0 Å². The molecule has 0 bridgehead atoms. The Morgan fingerprint density at radius 3 is 2.47 bits per heavy atom. The first-order valence-corrected chi connectivity index (χ1v) is 9.05. The molecule has 1 heterocycles.